The lowest BCUT2D eigenvalue weighted by Gasteiger charge is -2.42. The van der Waals surface area contributed by atoms with Gasteiger partial charge < -0.3 is 64.2 Å². The van der Waals surface area contributed by atoms with E-state index in [1.54, 1.807) is 0 Å². The van der Waals surface area contributed by atoms with E-state index < -0.39 is 86.7 Å². The summed E-state index contributed by atoms with van der Waals surface area (Å²) in [6.07, 6.45) is 32.7. The Morgan fingerprint density at radius 3 is 1.52 bits per heavy atom. The van der Waals surface area contributed by atoms with Gasteiger partial charge in [-0.25, -0.2) is 0 Å². The van der Waals surface area contributed by atoms with Crippen molar-refractivity contribution in [2.24, 2.45) is 0 Å². The number of carbonyl (C=O) groups excluding carboxylic acids is 1. The minimum Gasteiger partial charge on any atom is -0.457 e. The molecule has 2 rings (SSSR count). The van der Waals surface area contributed by atoms with Crippen LogP contribution in [-0.2, 0) is 33.2 Å². The first-order valence-electron chi connectivity index (χ1n) is 25.5. The average Bonchev–Trinajstić information content (AvgIpc) is 3.32. The molecule has 2 aliphatic heterocycles. The van der Waals surface area contributed by atoms with Crippen molar-refractivity contribution in [1.29, 1.82) is 0 Å². The van der Waals surface area contributed by atoms with Gasteiger partial charge in [-0.05, 0) is 64.2 Å². The number of allylic oxidation sites excluding steroid dienone is 12. The molecule has 0 spiro atoms. The normalized spacial score (nSPS) is 26.7. The van der Waals surface area contributed by atoms with Gasteiger partial charge in [-0.2, -0.15) is 0 Å². The summed E-state index contributed by atoms with van der Waals surface area (Å²) in [5.74, 6) is -0.390. The molecule has 67 heavy (non-hydrogen) atoms. The third-order valence-electron chi connectivity index (χ3n) is 11.7. The summed E-state index contributed by atoms with van der Waals surface area (Å²) in [4.78, 5) is 12.9. The van der Waals surface area contributed by atoms with Crippen LogP contribution in [0.1, 0.15) is 155 Å². The number of rotatable bonds is 39. The second kappa shape index (κ2) is 40.2. The van der Waals surface area contributed by atoms with Crippen molar-refractivity contribution in [3.8, 4) is 0 Å². The van der Waals surface area contributed by atoms with Gasteiger partial charge in [-0.1, -0.05) is 157 Å². The first-order valence-corrected chi connectivity index (χ1v) is 25.5. The molecule has 0 aromatic carbocycles. The second-order valence-corrected chi connectivity index (χ2v) is 17.6. The minimum atomic E-state index is -1.71. The van der Waals surface area contributed by atoms with E-state index in [0.717, 1.165) is 96.3 Å². The van der Waals surface area contributed by atoms with Crippen molar-refractivity contribution < 1.29 is 69.0 Å². The van der Waals surface area contributed by atoms with E-state index in [0.29, 0.717) is 13.0 Å². The number of esters is 1. The molecule has 11 atom stereocenters. The Balaban J connectivity index is 1.72. The van der Waals surface area contributed by atoms with Gasteiger partial charge in [0.25, 0.3) is 0 Å². The van der Waals surface area contributed by atoms with Crippen molar-refractivity contribution >= 4 is 5.97 Å². The number of ether oxygens (including phenoxy) is 6. The number of unbranched alkanes of at least 4 members (excludes halogenated alkanes) is 13. The molecule has 0 aliphatic carbocycles. The van der Waals surface area contributed by atoms with Crippen LogP contribution in [0, 0.1) is 0 Å². The number of hydrogen-bond acceptors (Lipinski definition) is 14. The van der Waals surface area contributed by atoms with Crippen LogP contribution < -0.4 is 0 Å². The maximum Gasteiger partial charge on any atom is 0.306 e. The molecule has 0 bridgehead atoms. The zero-order valence-electron chi connectivity index (χ0n) is 40.9. The van der Waals surface area contributed by atoms with Crippen LogP contribution in [-0.4, -0.2) is 142 Å². The molecule has 0 aromatic heterocycles. The Bertz CT molecular complexity index is 1380. The topological polar surface area (TPSA) is 214 Å². The van der Waals surface area contributed by atoms with E-state index in [2.05, 4.69) is 86.8 Å². The molecule has 2 heterocycles. The van der Waals surface area contributed by atoms with E-state index >= 15 is 0 Å². The molecular weight excluding hydrogens is 861 g/mol. The summed E-state index contributed by atoms with van der Waals surface area (Å²) >= 11 is 0. The van der Waals surface area contributed by atoms with Crippen LogP contribution in [0.3, 0.4) is 0 Å². The lowest BCUT2D eigenvalue weighted by atomic mass is 9.98. The zero-order valence-corrected chi connectivity index (χ0v) is 40.9. The van der Waals surface area contributed by atoms with Gasteiger partial charge in [0.1, 0.15) is 54.9 Å². The molecule has 2 aliphatic rings. The Morgan fingerprint density at radius 2 is 0.970 bits per heavy atom. The smallest absolute Gasteiger partial charge is 0.306 e. The number of aliphatic hydroxyl groups is 7. The third-order valence-corrected chi connectivity index (χ3v) is 11.7. The van der Waals surface area contributed by atoms with Gasteiger partial charge in [0.2, 0.25) is 0 Å². The Labute approximate surface area is 402 Å². The standard InChI is InChI=1S/C53H90O14/c1-3-5-7-9-11-13-14-15-16-17-18-19-20-21-22-23-24-25-26-27-29-31-33-35-37-62-39-42(65-45(55)36-34-32-30-28-12-10-8-6-4-2)40-63-52-51(61)49(59)47(57)44(67-52)41-64-53-50(60)48(58)46(56)43(38-54)66-53/h5,7,11,13,15-16,18-19,21-22,24-25,42-44,46-54,56-61H,3-4,6,8-10,12,14,17,20,23,26-41H2,1-2H3/b7-5-,13-11-,16-15-,19-18-,22-21-,25-24-. The van der Waals surface area contributed by atoms with Crippen LogP contribution in [0.25, 0.3) is 0 Å². The van der Waals surface area contributed by atoms with E-state index in [1.807, 2.05) is 0 Å². The molecule has 2 saturated heterocycles. The van der Waals surface area contributed by atoms with Gasteiger partial charge in [-0.3, -0.25) is 4.79 Å². The predicted molar refractivity (Wildman–Crippen MR) is 261 cm³/mol. The minimum absolute atomic E-state index is 0.0455. The molecule has 11 unspecified atom stereocenters. The lowest BCUT2D eigenvalue weighted by molar-refractivity contribution is -0.332. The van der Waals surface area contributed by atoms with Gasteiger partial charge >= 0.3 is 5.97 Å². The highest BCUT2D eigenvalue weighted by atomic mass is 16.7. The predicted octanol–water partition coefficient (Wildman–Crippen LogP) is 7.51. The van der Waals surface area contributed by atoms with Crippen molar-refractivity contribution in [2.45, 2.75) is 223 Å². The van der Waals surface area contributed by atoms with Crippen LogP contribution in [0.4, 0.5) is 0 Å². The van der Waals surface area contributed by atoms with Crippen molar-refractivity contribution in [1.82, 2.24) is 0 Å². The van der Waals surface area contributed by atoms with Crippen molar-refractivity contribution in [3.05, 3.63) is 72.9 Å². The quantitative estimate of drug-likeness (QED) is 0.0181. The van der Waals surface area contributed by atoms with E-state index in [1.165, 1.54) is 32.1 Å². The largest absolute Gasteiger partial charge is 0.457 e. The molecule has 386 valence electrons. The molecule has 0 saturated carbocycles. The van der Waals surface area contributed by atoms with Crippen LogP contribution in [0.2, 0.25) is 0 Å². The Hall–Kier alpha value is -2.57. The average molecular weight is 951 g/mol. The highest BCUT2D eigenvalue weighted by molar-refractivity contribution is 5.69. The fraction of sp³-hybridized carbons (Fsp3) is 0.755. The fourth-order valence-electron chi connectivity index (χ4n) is 7.58. The SMILES string of the molecule is CC/C=C\C/C=C\C/C=C\C/C=C\C/C=C\C/C=C\CCCCCCCOCC(COC1OC(COC2OC(CO)C(O)C(O)C2O)C(O)C(O)C1O)OC(=O)CCCCCCCCCCC. The zero-order chi connectivity index (χ0) is 48.7. The summed E-state index contributed by atoms with van der Waals surface area (Å²) in [5.41, 5.74) is 0. The summed E-state index contributed by atoms with van der Waals surface area (Å²) in [6, 6.07) is 0. The second-order valence-electron chi connectivity index (χ2n) is 17.6. The van der Waals surface area contributed by atoms with Crippen LogP contribution >= 0.6 is 0 Å². The Kier molecular flexibility index (Phi) is 36.3. The third kappa shape index (κ3) is 28.0. The molecule has 14 nitrogen and oxygen atoms in total. The monoisotopic (exact) mass is 951 g/mol. The first kappa shape index (κ1) is 60.6. The molecule has 0 amide bonds. The van der Waals surface area contributed by atoms with Crippen LogP contribution in [0.15, 0.2) is 72.9 Å². The Morgan fingerprint density at radius 1 is 0.507 bits per heavy atom. The fourth-order valence-corrected chi connectivity index (χ4v) is 7.58. The molecule has 7 N–H and O–H groups in total. The highest BCUT2D eigenvalue weighted by Crippen LogP contribution is 2.26. The number of hydrogen-bond donors (Lipinski definition) is 7. The summed E-state index contributed by atoms with van der Waals surface area (Å²) < 4.78 is 34.2. The lowest BCUT2D eigenvalue weighted by Crippen LogP contribution is -2.61. The van der Waals surface area contributed by atoms with Gasteiger partial charge in [0, 0.05) is 13.0 Å². The summed E-state index contributed by atoms with van der Waals surface area (Å²) in [6.45, 7) is 3.48. The van der Waals surface area contributed by atoms with Gasteiger partial charge in [-0.15, -0.1) is 0 Å². The van der Waals surface area contributed by atoms with Crippen molar-refractivity contribution in [2.75, 3.05) is 33.0 Å². The first-order chi connectivity index (χ1) is 32.6. The number of carbonyl (C=O) groups is 1. The summed E-state index contributed by atoms with van der Waals surface area (Å²) in [5, 5.41) is 72.0. The van der Waals surface area contributed by atoms with E-state index in [-0.39, 0.29) is 19.6 Å². The molecular formula is C53H90O14. The molecule has 0 radical (unpaired) electrons. The van der Waals surface area contributed by atoms with Gasteiger partial charge in [0.05, 0.1) is 26.4 Å². The maximum atomic E-state index is 12.9. The molecule has 2 fully saturated rings. The van der Waals surface area contributed by atoms with Crippen LogP contribution in [0.5, 0.6) is 0 Å². The highest BCUT2D eigenvalue weighted by Gasteiger charge is 2.47. The van der Waals surface area contributed by atoms with E-state index in [4.69, 9.17) is 28.4 Å². The number of aliphatic hydroxyl groups excluding tert-OH is 7. The summed E-state index contributed by atoms with van der Waals surface area (Å²) in [7, 11) is 0. The van der Waals surface area contributed by atoms with E-state index in [9.17, 15) is 40.5 Å². The van der Waals surface area contributed by atoms with Gasteiger partial charge in [0.15, 0.2) is 12.6 Å². The van der Waals surface area contributed by atoms with Crippen molar-refractivity contribution in [3.63, 3.8) is 0 Å². The molecule has 0 aromatic rings. The molecule has 14 heteroatoms. The maximum absolute atomic E-state index is 12.9.